The second-order valence-corrected chi connectivity index (χ2v) is 6.02. The first-order chi connectivity index (χ1) is 10.2. The van der Waals surface area contributed by atoms with Crippen LogP contribution in [0.1, 0.15) is 23.1 Å². The quantitative estimate of drug-likeness (QED) is 0.922. The minimum absolute atomic E-state index is 0.517. The van der Waals surface area contributed by atoms with E-state index in [1.54, 1.807) is 7.11 Å². The molecule has 1 aliphatic carbocycles. The van der Waals surface area contributed by atoms with E-state index >= 15 is 0 Å². The van der Waals surface area contributed by atoms with Gasteiger partial charge in [-0.1, -0.05) is 29.8 Å². The van der Waals surface area contributed by atoms with Crippen LogP contribution in [0.2, 0.25) is 5.02 Å². The van der Waals surface area contributed by atoms with Crippen LogP contribution in [0.3, 0.4) is 0 Å². The summed E-state index contributed by atoms with van der Waals surface area (Å²) < 4.78 is 5.32. The Morgan fingerprint density at radius 3 is 2.90 bits per heavy atom. The molecule has 1 N–H and O–H groups in total. The van der Waals surface area contributed by atoms with E-state index in [1.807, 2.05) is 18.2 Å². The highest BCUT2D eigenvalue weighted by atomic mass is 35.5. The lowest BCUT2D eigenvalue weighted by Crippen LogP contribution is -2.34. The van der Waals surface area contributed by atoms with Gasteiger partial charge in [-0.05, 0) is 60.2 Å². The molecule has 0 fully saturated rings. The van der Waals surface area contributed by atoms with Crippen molar-refractivity contribution in [1.82, 2.24) is 5.32 Å². The summed E-state index contributed by atoms with van der Waals surface area (Å²) in [5.41, 5.74) is 4.10. The zero-order valence-corrected chi connectivity index (χ0v) is 13.0. The van der Waals surface area contributed by atoms with Crippen LogP contribution in [0.5, 0.6) is 5.75 Å². The van der Waals surface area contributed by atoms with Crippen LogP contribution in [0, 0.1) is 0 Å². The van der Waals surface area contributed by atoms with Crippen LogP contribution < -0.4 is 10.1 Å². The zero-order valence-electron chi connectivity index (χ0n) is 12.2. The SMILES string of the molecule is COc1ccc2c(c1)CC(NCc1cccc(Cl)c1)CC2. The Morgan fingerprint density at radius 2 is 2.10 bits per heavy atom. The molecule has 2 aromatic rings. The Balaban J connectivity index is 1.63. The standard InChI is InChI=1S/C18H20ClNO/c1-21-18-8-6-14-5-7-17(10-15(14)11-18)20-12-13-3-2-4-16(19)9-13/h2-4,6,8-9,11,17,20H,5,7,10,12H2,1H3. The maximum atomic E-state index is 6.03. The highest BCUT2D eigenvalue weighted by molar-refractivity contribution is 6.30. The molecule has 3 rings (SSSR count). The summed E-state index contributed by atoms with van der Waals surface area (Å²) >= 11 is 6.03. The van der Waals surface area contributed by atoms with Gasteiger partial charge >= 0.3 is 0 Å². The Hall–Kier alpha value is -1.51. The van der Waals surface area contributed by atoms with E-state index in [0.717, 1.165) is 30.2 Å². The molecule has 0 saturated carbocycles. The molecule has 0 amide bonds. The first-order valence-electron chi connectivity index (χ1n) is 7.38. The number of methoxy groups -OCH3 is 1. The minimum Gasteiger partial charge on any atom is -0.497 e. The minimum atomic E-state index is 0.517. The predicted octanol–water partition coefficient (Wildman–Crippen LogP) is 4.00. The van der Waals surface area contributed by atoms with Crippen molar-refractivity contribution in [2.75, 3.05) is 7.11 Å². The molecule has 0 aliphatic heterocycles. The van der Waals surface area contributed by atoms with Crippen LogP contribution in [0.25, 0.3) is 0 Å². The third-order valence-electron chi connectivity index (χ3n) is 4.13. The monoisotopic (exact) mass is 301 g/mol. The highest BCUT2D eigenvalue weighted by Crippen LogP contribution is 2.25. The lowest BCUT2D eigenvalue weighted by molar-refractivity contribution is 0.411. The van der Waals surface area contributed by atoms with Gasteiger partial charge in [-0.25, -0.2) is 0 Å². The number of hydrogen-bond donors (Lipinski definition) is 1. The van der Waals surface area contributed by atoms with E-state index < -0.39 is 0 Å². The van der Waals surface area contributed by atoms with Gasteiger partial charge in [0.1, 0.15) is 5.75 Å². The van der Waals surface area contributed by atoms with Gasteiger partial charge in [0, 0.05) is 17.6 Å². The number of aryl methyl sites for hydroxylation is 1. The van der Waals surface area contributed by atoms with Gasteiger partial charge in [-0.3, -0.25) is 0 Å². The van der Waals surface area contributed by atoms with Crippen molar-refractivity contribution in [2.45, 2.75) is 31.8 Å². The van der Waals surface area contributed by atoms with Gasteiger partial charge in [0.15, 0.2) is 0 Å². The van der Waals surface area contributed by atoms with Crippen molar-refractivity contribution in [1.29, 1.82) is 0 Å². The summed E-state index contributed by atoms with van der Waals surface area (Å²) in [6.07, 6.45) is 3.37. The van der Waals surface area contributed by atoms with Gasteiger partial charge in [-0.15, -0.1) is 0 Å². The zero-order chi connectivity index (χ0) is 14.7. The molecule has 21 heavy (non-hydrogen) atoms. The van der Waals surface area contributed by atoms with Crippen molar-refractivity contribution in [3.63, 3.8) is 0 Å². The number of hydrogen-bond acceptors (Lipinski definition) is 2. The van der Waals surface area contributed by atoms with Crippen LogP contribution >= 0.6 is 11.6 Å². The van der Waals surface area contributed by atoms with E-state index in [9.17, 15) is 0 Å². The highest BCUT2D eigenvalue weighted by Gasteiger charge is 2.18. The third-order valence-corrected chi connectivity index (χ3v) is 4.36. The molecule has 0 radical (unpaired) electrons. The number of nitrogens with one attached hydrogen (secondary N) is 1. The van der Waals surface area contributed by atoms with Crippen molar-refractivity contribution < 1.29 is 4.74 Å². The molecule has 110 valence electrons. The fourth-order valence-corrected chi connectivity index (χ4v) is 3.16. The molecule has 2 aromatic carbocycles. The number of halogens is 1. The van der Waals surface area contributed by atoms with E-state index in [0.29, 0.717) is 6.04 Å². The molecule has 0 heterocycles. The van der Waals surface area contributed by atoms with Crippen LogP contribution in [0.15, 0.2) is 42.5 Å². The number of rotatable bonds is 4. The van der Waals surface area contributed by atoms with Gasteiger partial charge in [0.2, 0.25) is 0 Å². The topological polar surface area (TPSA) is 21.3 Å². The summed E-state index contributed by atoms with van der Waals surface area (Å²) in [4.78, 5) is 0. The molecule has 0 aromatic heterocycles. The molecule has 1 aliphatic rings. The molecule has 0 saturated heterocycles. The average Bonchev–Trinajstić information content (AvgIpc) is 2.52. The predicted molar refractivity (Wildman–Crippen MR) is 87.1 cm³/mol. The smallest absolute Gasteiger partial charge is 0.119 e. The second kappa shape index (κ2) is 6.50. The average molecular weight is 302 g/mol. The molecular formula is C18H20ClNO. The van der Waals surface area contributed by atoms with Crippen molar-refractivity contribution in [2.24, 2.45) is 0 Å². The largest absolute Gasteiger partial charge is 0.497 e. The van der Waals surface area contributed by atoms with Crippen molar-refractivity contribution >= 4 is 11.6 Å². The first-order valence-corrected chi connectivity index (χ1v) is 7.76. The Labute approximate surface area is 131 Å². The molecule has 3 heteroatoms. The van der Waals surface area contributed by atoms with Gasteiger partial charge in [0.05, 0.1) is 7.11 Å². The third kappa shape index (κ3) is 3.58. The number of fused-ring (bicyclic) bond motifs is 1. The van der Waals surface area contributed by atoms with Crippen LogP contribution in [-0.2, 0) is 19.4 Å². The fraction of sp³-hybridized carbons (Fsp3) is 0.333. The number of benzene rings is 2. The molecule has 1 atom stereocenters. The second-order valence-electron chi connectivity index (χ2n) is 5.59. The first kappa shape index (κ1) is 14.4. The summed E-state index contributed by atoms with van der Waals surface area (Å²) in [6, 6.07) is 15.0. The van der Waals surface area contributed by atoms with Crippen molar-refractivity contribution in [3.8, 4) is 5.75 Å². The molecule has 2 nitrogen and oxygen atoms in total. The number of ether oxygens (including phenoxy) is 1. The molecule has 1 unspecified atom stereocenters. The van der Waals surface area contributed by atoms with E-state index in [-0.39, 0.29) is 0 Å². The summed E-state index contributed by atoms with van der Waals surface area (Å²) in [5.74, 6) is 0.948. The van der Waals surface area contributed by atoms with Gasteiger partial charge in [0.25, 0.3) is 0 Å². The fourth-order valence-electron chi connectivity index (χ4n) is 2.94. The summed E-state index contributed by atoms with van der Waals surface area (Å²) in [6.45, 7) is 0.866. The Bertz CT molecular complexity index is 626. The maximum Gasteiger partial charge on any atom is 0.119 e. The summed E-state index contributed by atoms with van der Waals surface area (Å²) in [7, 11) is 1.72. The van der Waals surface area contributed by atoms with E-state index in [1.165, 1.54) is 23.1 Å². The Morgan fingerprint density at radius 1 is 1.19 bits per heavy atom. The lowest BCUT2D eigenvalue weighted by atomic mass is 9.88. The van der Waals surface area contributed by atoms with Crippen molar-refractivity contribution in [3.05, 3.63) is 64.2 Å². The summed E-state index contributed by atoms with van der Waals surface area (Å²) in [5, 5.41) is 4.44. The van der Waals surface area contributed by atoms with E-state index in [4.69, 9.17) is 16.3 Å². The maximum absolute atomic E-state index is 6.03. The molecule has 0 bridgehead atoms. The molecular weight excluding hydrogens is 282 g/mol. The van der Waals surface area contributed by atoms with Crippen LogP contribution in [0.4, 0.5) is 0 Å². The lowest BCUT2D eigenvalue weighted by Gasteiger charge is -2.26. The normalized spacial score (nSPS) is 17.3. The Kier molecular flexibility index (Phi) is 4.47. The van der Waals surface area contributed by atoms with Gasteiger partial charge in [-0.2, -0.15) is 0 Å². The van der Waals surface area contributed by atoms with Gasteiger partial charge < -0.3 is 10.1 Å². The van der Waals surface area contributed by atoms with E-state index in [2.05, 4.69) is 29.6 Å². The van der Waals surface area contributed by atoms with Crippen LogP contribution in [-0.4, -0.2) is 13.2 Å². The molecule has 0 spiro atoms.